The summed E-state index contributed by atoms with van der Waals surface area (Å²) in [5, 5.41) is 1.09. The van der Waals surface area contributed by atoms with Gasteiger partial charge in [-0.1, -0.05) is 0 Å². The highest BCUT2D eigenvalue weighted by Crippen LogP contribution is 2.31. The third-order valence-electron chi connectivity index (χ3n) is 2.34. The first-order chi connectivity index (χ1) is 8.06. The van der Waals surface area contributed by atoms with E-state index < -0.39 is 0 Å². The number of aromatic amines is 1. The molecule has 92 valence electrons. The lowest BCUT2D eigenvalue weighted by molar-refractivity contribution is 0.231. The van der Waals surface area contributed by atoms with Gasteiger partial charge in [-0.25, -0.2) is 0 Å². The zero-order chi connectivity index (χ0) is 12.4. The number of aromatic nitrogens is 1. The van der Waals surface area contributed by atoms with Crippen molar-refractivity contribution in [2.75, 3.05) is 0 Å². The molecule has 1 aromatic heterocycles. The molecule has 2 rings (SSSR count). The van der Waals surface area contributed by atoms with Gasteiger partial charge < -0.3 is 14.5 Å². The van der Waals surface area contributed by atoms with Crippen LogP contribution in [0.1, 0.15) is 27.7 Å². The Balaban J connectivity index is 2.43. The fourth-order valence-corrected chi connectivity index (χ4v) is 1.80. The lowest BCUT2D eigenvalue weighted by Crippen LogP contribution is -2.08. The van der Waals surface area contributed by atoms with Gasteiger partial charge in [0, 0.05) is 23.7 Å². The maximum atomic E-state index is 5.81. The SMILES string of the molecule is CC(C)Oc1cc(OC(C)C)c2cc[nH]c2c1. The van der Waals surface area contributed by atoms with Gasteiger partial charge in [-0.15, -0.1) is 0 Å². The van der Waals surface area contributed by atoms with Crippen LogP contribution in [0.15, 0.2) is 24.4 Å². The van der Waals surface area contributed by atoms with Gasteiger partial charge in [-0.2, -0.15) is 0 Å². The summed E-state index contributed by atoms with van der Waals surface area (Å²) in [7, 11) is 0. The Labute approximate surface area is 102 Å². The lowest BCUT2D eigenvalue weighted by Gasteiger charge is -2.14. The second-order valence-corrected chi connectivity index (χ2v) is 4.69. The topological polar surface area (TPSA) is 34.2 Å². The van der Waals surface area contributed by atoms with Crippen molar-refractivity contribution in [1.82, 2.24) is 4.98 Å². The molecule has 0 unspecified atom stereocenters. The maximum Gasteiger partial charge on any atom is 0.132 e. The van der Waals surface area contributed by atoms with Gasteiger partial charge in [0.25, 0.3) is 0 Å². The monoisotopic (exact) mass is 233 g/mol. The summed E-state index contributed by atoms with van der Waals surface area (Å²) >= 11 is 0. The summed E-state index contributed by atoms with van der Waals surface area (Å²) < 4.78 is 11.5. The molecule has 17 heavy (non-hydrogen) atoms. The first kappa shape index (κ1) is 11.8. The second-order valence-electron chi connectivity index (χ2n) is 4.69. The number of H-pyrrole nitrogens is 1. The maximum absolute atomic E-state index is 5.81. The summed E-state index contributed by atoms with van der Waals surface area (Å²) in [5.41, 5.74) is 1.04. The van der Waals surface area contributed by atoms with Crippen LogP contribution in [0.4, 0.5) is 0 Å². The molecule has 1 N–H and O–H groups in total. The molecule has 0 amide bonds. The van der Waals surface area contributed by atoms with Crippen molar-refractivity contribution in [3.8, 4) is 11.5 Å². The quantitative estimate of drug-likeness (QED) is 0.872. The van der Waals surface area contributed by atoms with Crippen LogP contribution in [-0.2, 0) is 0 Å². The van der Waals surface area contributed by atoms with Crippen molar-refractivity contribution in [3.63, 3.8) is 0 Å². The Kier molecular flexibility index (Phi) is 3.27. The first-order valence-electron chi connectivity index (χ1n) is 6.00. The number of nitrogens with one attached hydrogen (secondary N) is 1. The zero-order valence-corrected chi connectivity index (χ0v) is 10.8. The van der Waals surface area contributed by atoms with Crippen molar-refractivity contribution in [1.29, 1.82) is 0 Å². The van der Waals surface area contributed by atoms with E-state index in [0.29, 0.717) is 0 Å². The molecule has 1 aromatic carbocycles. The first-order valence-corrected chi connectivity index (χ1v) is 6.00. The van der Waals surface area contributed by atoms with Crippen LogP contribution >= 0.6 is 0 Å². The molecule has 0 spiro atoms. The fraction of sp³-hybridized carbons (Fsp3) is 0.429. The van der Waals surface area contributed by atoms with Gasteiger partial charge in [0.2, 0.25) is 0 Å². The van der Waals surface area contributed by atoms with Crippen molar-refractivity contribution in [2.45, 2.75) is 39.9 Å². The van der Waals surface area contributed by atoms with Crippen LogP contribution in [-0.4, -0.2) is 17.2 Å². The number of hydrogen-bond acceptors (Lipinski definition) is 2. The van der Waals surface area contributed by atoms with Crippen LogP contribution in [0, 0.1) is 0 Å². The molecule has 0 fully saturated rings. The average Bonchev–Trinajstić information content (AvgIpc) is 2.63. The Bertz CT molecular complexity index is 500. The van der Waals surface area contributed by atoms with Gasteiger partial charge in [-0.05, 0) is 33.8 Å². The van der Waals surface area contributed by atoms with E-state index in [4.69, 9.17) is 9.47 Å². The molecule has 0 atom stereocenters. The van der Waals surface area contributed by atoms with E-state index in [1.165, 1.54) is 0 Å². The average molecular weight is 233 g/mol. The van der Waals surface area contributed by atoms with Crippen LogP contribution in [0.3, 0.4) is 0 Å². The van der Waals surface area contributed by atoms with Crippen molar-refractivity contribution >= 4 is 10.9 Å². The van der Waals surface area contributed by atoms with E-state index in [0.717, 1.165) is 22.4 Å². The molecule has 0 aliphatic rings. The minimum atomic E-state index is 0.155. The molecule has 0 radical (unpaired) electrons. The van der Waals surface area contributed by atoms with Gasteiger partial charge in [0.1, 0.15) is 11.5 Å². The molecule has 3 nitrogen and oxygen atoms in total. The molecular weight excluding hydrogens is 214 g/mol. The lowest BCUT2D eigenvalue weighted by atomic mass is 10.2. The summed E-state index contributed by atoms with van der Waals surface area (Å²) in [6.45, 7) is 8.08. The minimum Gasteiger partial charge on any atom is -0.491 e. The molecule has 0 bridgehead atoms. The van der Waals surface area contributed by atoms with E-state index in [1.54, 1.807) is 0 Å². The molecule has 1 heterocycles. The molecule has 0 saturated heterocycles. The van der Waals surface area contributed by atoms with E-state index in [-0.39, 0.29) is 12.2 Å². The van der Waals surface area contributed by atoms with Gasteiger partial charge >= 0.3 is 0 Å². The Morgan fingerprint density at radius 1 is 1.00 bits per heavy atom. The summed E-state index contributed by atoms with van der Waals surface area (Å²) in [6, 6.07) is 5.98. The number of rotatable bonds is 4. The van der Waals surface area contributed by atoms with Crippen LogP contribution in [0.25, 0.3) is 10.9 Å². The highest BCUT2D eigenvalue weighted by atomic mass is 16.5. The normalized spacial score (nSPS) is 11.4. The van der Waals surface area contributed by atoms with Crippen molar-refractivity contribution in [3.05, 3.63) is 24.4 Å². The summed E-state index contributed by atoms with van der Waals surface area (Å²) in [6.07, 6.45) is 2.23. The Morgan fingerprint density at radius 2 is 1.71 bits per heavy atom. The number of benzene rings is 1. The van der Waals surface area contributed by atoms with Crippen LogP contribution < -0.4 is 9.47 Å². The van der Waals surface area contributed by atoms with E-state index in [9.17, 15) is 0 Å². The Hall–Kier alpha value is -1.64. The van der Waals surface area contributed by atoms with E-state index >= 15 is 0 Å². The van der Waals surface area contributed by atoms with Gasteiger partial charge in [-0.3, -0.25) is 0 Å². The van der Waals surface area contributed by atoms with Crippen molar-refractivity contribution in [2.24, 2.45) is 0 Å². The molecular formula is C14H19NO2. The molecule has 3 heteroatoms. The fourth-order valence-electron chi connectivity index (χ4n) is 1.80. The van der Waals surface area contributed by atoms with Crippen LogP contribution in [0.5, 0.6) is 11.5 Å². The zero-order valence-electron chi connectivity index (χ0n) is 10.8. The highest BCUT2D eigenvalue weighted by Gasteiger charge is 2.09. The Morgan fingerprint density at radius 3 is 2.35 bits per heavy atom. The number of hydrogen-bond donors (Lipinski definition) is 1. The van der Waals surface area contributed by atoms with Crippen LogP contribution in [0.2, 0.25) is 0 Å². The predicted molar refractivity (Wildman–Crippen MR) is 69.8 cm³/mol. The van der Waals surface area contributed by atoms with E-state index in [1.807, 2.05) is 52.1 Å². The summed E-state index contributed by atoms with van der Waals surface area (Å²) in [4.78, 5) is 3.19. The largest absolute Gasteiger partial charge is 0.491 e. The van der Waals surface area contributed by atoms with Crippen molar-refractivity contribution < 1.29 is 9.47 Å². The predicted octanol–water partition coefficient (Wildman–Crippen LogP) is 3.74. The smallest absolute Gasteiger partial charge is 0.132 e. The molecule has 0 aliphatic carbocycles. The molecule has 0 saturated carbocycles. The number of ether oxygens (including phenoxy) is 2. The van der Waals surface area contributed by atoms with E-state index in [2.05, 4.69) is 4.98 Å². The summed E-state index contributed by atoms with van der Waals surface area (Å²) in [5.74, 6) is 1.71. The van der Waals surface area contributed by atoms with Gasteiger partial charge in [0.05, 0.1) is 17.7 Å². The number of fused-ring (bicyclic) bond motifs is 1. The molecule has 0 aliphatic heterocycles. The highest BCUT2D eigenvalue weighted by molar-refractivity contribution is 5.87. The molecule has 2 aromatic rings. The third kappa shape index (κ3) is 2.73. The minimum absolute atomic E-state index is 0.155. The standard InChI is InChI=1S/C14H19NO2/c1-9(2)16-11-7-13-12(5-6-15-13)14(8-11)17-10(3)4/h5-10,15H,1-4H3. The van der Waals surface area contributed by atoms with Gasteiger partial charge in [0.15, 0.2) is 0 Å². The second kappa shape index (κ2) is 4.70. The third-order valence-corrected chi connectivity index (χ3v) is 2.34.